The van der Waals surface area contributed by atoms with Crippen LogP contribution in [0.15, 0.2) is 29.3 Å². The average Bonchev–Trinajstić information content (AvgIpc) is 3.16. The Hall–Kier alpha value is -1.27. The quantitative estimate of drug-likeness (QED) is 0.386. The summed E-state index contributed by atoms with van der Waals surface area (Å²) in [6.07, 6.45) is -0.821. The van der Waals surface area contributed by atoms with Gasteiger partial charge in [-0.05, 0) is 37.1 Å². The molecule has 1 aromatic carbocycles. The molecule has 1 spiro atoms. The Morgan fingerprint density at radius 2 is 1.92 bits per heavy atom. The van der Waals surface area contributed by atoms with Crippen LogP contribution in [-0.2, 0) is 9.47 Å². The third-order valence-electron chi connectivity index (χ3n) is 4.10. The molecule has 10 heteroatoms. The smallest absolute Gasteiger partial charge is 0.406 e. The van der Waals surface area contributed by atoms with Crippen LogP contribution in [0.2, 0.25) is 0 Å². The lowest BCUT2D eigenvalue weighted by Crippen LogP contribution is -2.28. The molecule has 1 aromatic rings. The van der Waals surface area contributed by atoms with Crippen LogP contribution in [0.4, 0.5) is 18.9 Å². The first-order valence-electron chi connectivity index (χ1n) is 8.08. The van der Waals surface area contributed by atoms with Gasteiger partial charge in [0.2, 0.25) is 0 Å². The van der Waals surface area contributed by atoms with Crippen molar-refractivity contribution in [2.24, 2.45) is 10.7 Å². The second-order valence-corrected chi connectivity index (χ2v) is 6.09. The van der Waals surface area contributed by atoms with Crippen molar-refractivity contribution in [3.63, 3.8) is 0 Å². The summed E-state index contributed by atoms with van der Waals surface area (Å²) in [5.41, 5.74) is 6.31. The SMILES string of the molecule is I.NC(=NCC1COC2(CCCC2)O1)Nc1ccc(OC(F)(F)F)cc1. The molecule has 3 rings (SSSR count). The van der Waals surface area contributed by atoms with Gasteiger partial charge < -0.3 is 25.3 Å². The first kappa shape index (κ1) is 21.0. The van der Waals surface area contributed by atoms with E-state index in [1.165, 1.54) is 24.3 Å². The molecule has 0 bridgehead atoms. The fourth-order valence-corrected chi connectivity index (χ4v) is 3.01. The Balaban J connectivity index is 0.00000243. The molecule has 1 heterocycles. The number of nitrogens with two attached hydrogens (primary N) is 1. The molecule has 146 valence electrons. The molecule has 6 nitrogen and oxygen atoms in total. The highest BCUT2D eigenvalue weighted by molar-refractivity contribution is 14.0. The number of nitrogens with one attached hydrogen (secondary N) is 1. The highest BCUT2D eigenvalue weighted by atomic mass is 127. The molecule has 0 aromatic heterocycles. The van der Waals surface area contributed by atoms with Crippen LogP contribution in [0.25, 0.3) is 0 Å². The van der Waals surface area contributed by atoms with Gasteiger partial charge in [-0.25, -0.2) is 0 Å². The molecular weight excluding hydrogens is 466 g/mol. The van der Waals surface area contributed by atoms with Gasteiger partial charge in [0.1, 0.15) is 11.9 Å². The van der Waals surface area contributed by atoms with Crippen molar-refractivity contribution in [2.75, 3.05) is 18.5 Å². The minimum absolute atomic E-state index is 0. The van der Waals surface area contributed by atoms with Crippen molar-refractivity contribution in [1.82, 2.24) is 0 Å². The third-order valence-corrected chi connectivity index (χ3v) is 4.10. The third kappa shape index (κ3) is 5.88. The highest BCUT2D eigenvalue weighted by Crippen LogP contribution is 2.39. The van der Waals surface area contributed by atoms with Crippen molar-refractivity contribution < 1.29 is 27.4 Å². The molecule has 1 aliphatic carbocycles. The molecule has 2 fully saturated rings. The minimum Gasteiger partial charge on any atom is -0.406 e. The van der Waals surface area contributed by atoms with Gasteiger partial charge in [-0.1, -0.05) is 0 Å². The average molecular weight is 487 g/mol. The van der Waals surface area contributed by atoms with E-state index in [0.29, 0.717) is 18.8 Å². The molecule has 1 aliphatic heterocycles. The van der Waals surface area contributed by atoms with Gasteiger partial charge in [0.15, 0.2) is 11.7 Å². The van der Waals surface area contributed by atoms with Crippen LogP contribution < -0.4 is 15.8 Å². The Bertz CT molecular complexity index is 619. The zero-order valence-electron chi connectivity index (χ0n) is 13.9. The number of halogens is 4. The van der Waals surface area contributed by atoms with Crippen LogP contribution in [0.1, 0.15) is 25.7 Å². The number of benzene rings is 1. The van der Waals surface area contributed by atoms with Gasteiger partial charge in [-0.3, -0.25) is 4.99 Å². The first-order valence-corrected chi connectivity index (χ1v) is 8.08. The van der Waals surface area contributed by atoms with Crippen molar-refractivity contribution in [3.05, 3.63) is 24.3 Å². The van der Waals surface area contributed by atoms with Gasteiger partial charge in [0.25, 0.3) is 0 Å². The number of alkyl halides is 3. The summed E-state index contributed by atoms with van der Waals surface area (Å²) in [6, 6.07) is 5.24. The van der Waals surface area contributed by atoms with Gasteiger partial charge in [-0.2, -0.15) is 0 Å². The zero-order valence-corrected chi connectivity index (χ0v) is 16.3. The summed E-state index contributed by atoms with van der Waals surface area (Å²) in [4.78, 5) is 4.20. The van der Waals surface area contributed by atoms with E-state index in [1.807, 2.05) is 0 Å². The topological polar surface area (TPSA) is 78.1 Å². The summed E-state index contributed by atoms with van der Waals surface area (Å²) < 4.78 is 51.8. The number of nitrogens with zero attached hydrogens (tertiary/aromatic N) is 1. The van der Waals surface area contributed by atoms with Crippen LogP contribution >= 0.6 is 24.0 Å². The molecule has 0 radical (unpaired) electrons. The predicted molar refractivity (Wildman–Crippen MR) is 101 cm³/mol. The second-order valence-electron chi connectivity index (χ2n) is 6.09. The molecule has 1 atom stereocenters. The maximum absolute atomic E-state index is 12.1. The van der Waals surface area contributed by atoms with Crippen LogP contribution in [0.3, 0.4) is 0 Å². The lowest BCUT2D eigenvalue weighted by Gasteiger charge is -2.21. The first-order chi connectivity index (χ1) is 11.8. The molecule has 1 saturated heterocycles. The number of anilines is 1. The van der Waals surface area contributed by atoms with Crippen molar-refractivity contribution >= 4 is 35.6 Å². The number of hydrogen-bond acceptors (Lipinski definition) is 4. The van der Waals surface area contributed by atoms with E-state index < -0.39 is 12.1 Å². The van der Waals surface area contributed by atoms with Crippen LogP contribution in [0, 0.1) is 0 Å². The lowest BCUT2D eigenvalue weighted by atomic mass is 10.2. The van der Waals surface area contributed by atoms with E-state index in [1.54, 1.807) is 0 Å². The van der Waals surface area contributed by atoms with E-state index in [2.05, 4.69) is 15.0 Å². The fraction of sp³-hybridized carbons (Fsp3) is 0.562. The summed E-state index contributed by atoms with van der Waals surface area (Å²) >= 11 is 0. The van der Waals surface area contributed by atoms with E-state index >= 15 is 0 Å². The number of guanidine groups is 1. The highest BCUT2D eigenvalue weighted by Gasteiger charge is 2.43. The molecule has 3 N–H and O–H groups in total. The molecular formula is C16H21F3IN3O3. The summed E-state index contributed by atoms with van der Waals surface area (Å²) in [5.74, 6) is -0.580. The Morgan fingerprint density at radius 3 is 2.54 bits per heavy atom. The number of rotatable bonds is 4. The largest absolute Gasteiger partial charge is 0.573 e. The second kappa shape index (κ2) is 8.61. The Morgan fingerprint density at radius 1 is 1.27 bits per heavy atom. The summed E-state index contributed by atoms with van der Waals surface area (Å²) in [7, 11) is 0. The molecule has 26 heavy (non-hydrogen) atoms. The fourth-order valence-electron chi connectivity index (χ4n) is 3.01. The Labute approximate surface area is 166 Å². The number of hydrogen-bond donors (Lipinski definition) is 2. The van der Waals surface area contributed by atoms with Gasteiger partial charge >= 0.3 is 6.36 Å². The van der Waals surface area contributed by atoms with Crippen LogP contribution in [0.5, 0.6) is 5.75 Å². The maximum Gasteiger partial charge on any atom is 0.573 e. The normalized spacial score (nSPS) is 22.3. The monoisotopic (exact) mass is 487 g/mol. The van der Waals surface area contributed by atoms with E-state index in [4.69, 9.17) is 15.2 Å². The maximum atomic E-state index is 12.1. The van der Waals surface area contributed by atoms with E-state index in [9.17, 15) is 13.2 Å². The van der Waals surface area contributed by atoms with E-state index in [-0.39, 0.29) is 41.8 Å². The zero-order chi connectivity index (χ0) is 17.9. The number of aliphatic imine (C=N–C) groups is 1. The predicted octanol–water partition coefficient (Wildman–Crippen LogP) is 3.62. The molecule has 2 aliphatic rings. The Kier molecular flexibility index (Phi) is 6.97. The van der Waals surface area contributed by atoms with Crippen molar-refractivity contribution in [2.45, 2.75) is 43.9 Å². The van der Waals surface area contributed by atoms with Crippen LogP contribution in [-0.4, -0.2) is 37.4 Å². The standard InChI is InChI=1S/C16H20F3N3O3.HI/c17-16(18,19)25-12-5-3-11(4-6-12)22-14(20)21-9-13-10-23-15(24-13)7-1-2-8-15;/h3-6,13H,1-2,7-10H2,(H3,20,21,22);1H. The van der Waals surface area contributed by atoms with Gasteiger partial charge in [0.05, 0.1) is 13.2 Å². The molecule has 1 saturated carbocycles. The summed E-state index contributed by atoms with van der Waals surface area (Å²) in [6.45, 7) is 0.843. The number of ether oxygens (including phenoxy) is 3. The summed E-state index contributed by atoms with van der Waals surface area (Å²) in [5, 5.41) is 2.81. The minimum atomic E-state index is -4.71. The van der Waals surface area contributed by atoms with Gasteiger partial charge in [0, 0.05) is 18.5 Å². The van der Waals surface area contributed by atoms with Crippen molar-refractivity contribution in [3.8, 4) is 5.75 Å². The van der Waals surface area contributed by atoms with Crippen molar-refractivity contribution in [1.29, 1.82) is 0 Å². The van der Waals surface area contributed by atoms with Gasteiger partial charge in [-0.15, -0.1) is 37.1 Å². The lowest BCUT2D eigenvalue weighted by molar-refractivity contribution is -0.274. The van der Waals surface area contributed by atoms with E-state index in [0.717, 1.165) is 25.7 Å². The molecule has 0 amide bonds. The molecule has 1 unspecified atom stereocenters.